The van der Waals surface area contributed by atoms with Gasteiger partial charge in [0, 0.05) is 13.0 Å². The third-order valence-corrected chi connectivity index (χ3v) is 6.18. The number of rotatable bonds is 21. The van der Waals surface area contributed by atoms with E-state index in [1.807, 2.05) is 24.3 Å². The lowest BCUT2D eigenvalue weighted by Gasteiger charge is -2.14. The van der Waals surface area contributed by atoms with Crippen molar-refractivity contribution in [3.8, 4) is 0 Å². The molecule has 39 heavy (non-hydrogen) atoms. The molecule has 2 radical (unpaired) electrons. The van der Waals surface area contributed by atoms with Crippen molar-refractivity contribution in [3.63, 3.8) is 0 Å². The van der Waals surface area contributed by atoms with Gasteiger partial charge in [-0.05, 0) is 67.5 Å². The van der Waals surface area contributed by atoms with Gasteiger partial charge < -0.3 is 4.74 Å². The summed E-state index contributed by atoms with van der Waals surface area (Å²) in [5.41, 5.74) is 3.01. The predicted molar refractivity (Wildman–Crippen MR) is 150 cm³/mol. The lowest BCUT2D eigenvalue weighted by atomic mass is 10.0. The number of benzene rings is 2. The number of hydrogen-bond acceptors (Lipinski definition) is 7. The second kappa shape index (κ2) is 20.2. The molecule has 7 heteroatoms. The predicted octanol–water partition coefficient (Wildman–Crippen LogP) is 7.93. The van der Waals surface area contributed by atoms with Crippen LogP contribution < -0.4 is 0 Å². The Hall–Kier alpha value is -2.74. The number of ether oxygens (including phenoxy) is 1. The highest BCUT2D eigenvalue weighted by Gasteiger charge is 2.22. The topological polar surface area (TPSA) is 80.3 Å². The summed E-state index contributed by atoms with van der Waals surface area (Å²) in [7, 11) is 0. The second-order valence-electron chi connectivity index (χ2n) is 9.51. The Balaban J connectivity index is 1.84. The van der Waals surface area contributed by atoms with Crippen LogP contribution in [0.5, 0.6) is 0 Å². The fraction of sp³-hybridized carbons (Fsp3) is 0.500. The average Bonchev–Trinajstić information content (AvgIpc) is 2.97. The van der Waals surface area contributed by atoms with Crippen molar-refractivity contribution in [1.82, 2.24) is 0 Å². The molecule has 2 aromatic carbocycles. The van der Waals surface area contributed by atoms with Gasteiger partial charge in [-0.1, -0.05) is 83.6 Å². The van der Waals surface area contributed by atoms with Crippen LogP contribution >= 0.6 is 0 Å². The summed E-state index contributed by atoms with van der Waals surface area (Å²) in [6.07, 6.45) is 11.9. The molecule has 0 N–H and O–H groups in total. The molecule has 2 rings (SSSR count). The molecule has 0 amide bonds. The molecular weight excluding hydrogens is 496 g/mol. The van der Waals surface area contributed by atoms with Gasteiger partial charge in [-0.2, -0.15) is 0 Å². The summed E-state index contributed by atoms with van der Waals surface area (Å²) in [6, 6.07) is 14.4. The molecule has 0 bridgehead atoms. The first-order valence-electron chi connectivity index (χ1n) is 14.3. The molecule has 0 aliphatic rings. The Morgan fingerprint density at radius 1 is 0.615 bits per heavy atom. The van der Waals surface area contributed by atoms with Crippen LogP contribution in [0.3, 0.4) is 0 Å². The lowest BCUT2D eigenvalue weighted by molar-refractivity contribution is -0.364. The minimum atomic E-state index is -0.687. The molecule has 0 spiro atoms. The summed E-state index contributed by atoms with van der Waals surface area (Å²) in [6.45, 7) is 8.74. The fourth-order valence-electron chi connectivity index (χ4n) is 3.85. The number of hydrogen-bond donors (Lipinski definition) is 0. The maximum Gasteiger partial charge on any atom is 0.373 e. The van der Waals surface area contributed by atoms with E-state index in [0.29, 0.717) is 24.2 Å². The fourth-order valence-corrected chi connectivity index (χ4v) is 3.85. The van der Waals surface area contributed by atoms with Gasteiger partial charge in [-0.25, -0.2) is 9.59 Å². The van der Waals surface area contributed by atoms with Crippen LogP contribution in [0.15, 0.2) is 48.5 Å². The molecule has 0 saturated heterocycles. The van der Waals surface area contributed by atoms with E-state index in [1.165, 1.54) is 38.5 Å². The summed E-state index contributed by atoms with van der Waals surface area (Å²) in [5.74, 6) is -1.37. The highest BCUT2D eigenvalue weighted by molar-refractivity contribution is 5.89. The van der Waals surface area contributed by atoms with Crippen molar-refractivity contribution < 1.29 is 33.9 Å². The first kappa shape index (κ1) is 32.5. The zero-order valence-electron chi connectivity index (χ0n) is 23.6. The lowest BCUT2D eigenvalue weighted by Crippen LogP contribution is -2.17. The van der Waals surface area contributed by atoms with E-state index in [-0.39, 0.29) is 19.3 Å². The molecule has 0 aromatic heterocycles. The van der Waals surface area contributed by atoms with Gasteiger partial charge in [0.1, 0.15) is 0 Å². The Morgan fingerprint density at radius 3 is 1.49 bits per heavy atom. The van der Waals surface area contributed by atoms with Crippen molar-refractivity contribution in [2.75, 3.05) is 13.2 Å². The van der Waals surface area contributed by atoms with Crippen LogP contribution in [0.4, 0.5) is 0 Å². The molecule has 0 heterocycles. The summed E-state index contributed by atoms with van der Waals surface area (Å²) >= 11 is 0. The molecule has 0 unspecified atom stereocenters. The van der Waals surface area contributed by atoms with E-state index in [2.05, 4.69) is 20.8 Å². The Bertz CT molecular complexity index is 853. The molecule has 214 valence electrons. The molecule has 0 atom stereocenters. The van der Waals surface area contributed by atoms with E-state index in [1.54, 1.807) is 24.3 Å². The highest BCUT2D eigenvalue weighted by atomic mass is 17.3. The van der Waals surface area contributed by atoms with Crippen LogP contribution in [-0.2, 0) is 37.1 Å². The van der Waals surface area contributed by atoms with Crippen LogP contribution in [0.25, 0.3) is 0 Å². The zero-order chi connectivity index (χ0) is 28.1. The van der Waals surface area contributed by atoms with Gasteiger partial charge in [-0.3, -0.25) is 9.78 Å². The van der Waals surface area contributed by atoms with Gasteiger partial charge in [0.15, 0.2) is 0 Å². The summed E-state index contributed by atoms with van der Waals surface area (Å²) in [5, 5.41) is 0. The molecular formula is C32H44O7. The van der Waals surface area contributed by atoms with Gasteiger partial charge in [0.25, 0.3) is 0 Å². The van der Waals surface area contributed by atoms with Gasteiger partial charge >= 0.3 is 18.2 Å². The molecule has 7 nitrogen and oxygen atoms in total. The van der Waals surface area contributed by atoms with Crippen molar-refractivity contribution in [2.24, 2.45) is 0 Å². The van der Waals surface area contributed by atoms with E-state index in [4.69, 9.17) is 24.3 Å². The molecule has 0 saturated carbocycles. The first-order chi connectivity index (χ1) is 19.1. The molecule has 0 aliphatic heterocycles. The van der Waals surface area contributed by atoms with E-state index < -0.39 is 11.9 Å². The standard InChI is InChI=1S/C32H44O7/c1-4-7-9-11-13-26-15-19-28(20-16-26)31(33)38-36-30(23-25-35-24-6-3)37-39-32(34)29-21-17-27(18-22-29)14-12-10-8-5-2/h15-22H,3-14,23-25H2,1-2H3. The van der Waals surface area contributed by atoms with E-state index in [0.717, 1.165) is 36.8 Å². The van der Waals surface area contributed by atoms with Crippen LogP contribution in [0.2, 0.25) is 0 Å². The van der Waals surface area contributed by atoms with Crippen molar-refractivity contribution in [1.29, 1.82) is 0 Å². The minimum absolute atomic E-state index is 0.0912. The summed E-state index contributed by atoms with van der Waals surface area (Å²) in [4.78, 5) is 45.1. The number of unbranched alkanes of at least 4 members (excludes halogenated alkanes) is 6. The van der Waals surface area contributed by atoms with Gasteiger partial charge in [0.05, 0.1) is 17.7 Å². The third-order valence-electron chi connectivity index (χ3n) is 6.18. The Kier molecular flexibility index (Phi) is 16.8. The monoisotopic (exact) mass is 540 g/mol. The van der Waals surface area contributed by atoms with E-state index >= 15 is 0 Å². The van der Waals surface area contributed by atoms with Crippen LogP contribution in [0.1, 0.15) is 110 Å². The second-order valence-corrected chi connectivity index (χ2v) is 9.51. The van der Waals surface area contributed by atoms with Gasteiger partial charge in [0.2, 0.25) is 0 Å². The molecule has 2 aromatic rings. The number of carbonyl (C=O) groups is 2. The highest BCUT2D eigenvalue weighted by Crippen LogP contribution is 2.17. The molecule has 0 aliphatic carbocycles. The first-order valence-corrected chi connectivity index (χ1v) is 14.3. The maximum absolute atomic E-state index is 12.5. The van der Waals surface area contributed by atoms with Gasteiger partial charge in [-0.15, -0.1) is 9.78 Å². The van der Waals surface area contributed by atoms with Crippen molar-refractivity contribution >= 4 is 11.9 Å². The Morgan fingerprint density at radius 2 is 1.08 bits per heavy atom. The normalized spacial score (nSPS) is 11.1. The number of carbonyl (C=O) groups excluding carboxylic acids is 2. The SMILES string of the molecule is [CH2]CCOCC[C](OOC(=O)c1ccc(CCCCCC)cc1)OOC(=O)c1ccc(CCCCCC)cc1. The van der Waals surface area contributed by atoms with Crippen molar-refractivity contribution in [2.45, 2.75) is 90.9 Å². The maximum atomic E-state index is 12.5. The number of aryl methyl sites for hydroxylation is 2. The van der Waals surface area contributed by atoms with Crippen LogP contribution in [-0.4, -0.2) is 25.2 Å². The Labute approximate surface area is 234 Å². The van der Waals surface area contributed by atoms with E-state index in [9.17, 15) is 9.59 Å². The van der Waals surface area contributed by atoms with Crippen LogP contribution in [0, 0.1) is 13.2 Å². The zero-order valence-corrected chi connectivity index (χ0v) is 23.6. The van der Waals surface area contributed by atoms with Crippen molar-refractivity contribution in [3.05, 3.63) is 84.0 Å². The average molecular weight is 541 g/mol. The minimum Gasteiger partial charge on any atom is -0.381 e. The third kappa shape index (κ3) is 13.8. The molecule has 0 fully saturated rings. The smallest absolute Gasteiger partial charge is 0.373 e. The summed E-state index contributed by atoms with van der Waals surface area (Å²) < 4.78 is 5.39. The largest absolute Gasteiger partial charge is 0.381 e. The quantitative estimate of drug-likeness (QED) is 0.0903.